The van der Waals surface area contributed by atoms with Crippen LogP contribution in [0.2, 0.25) is 0 Å². The zero-order valence-corrected chi connectivity index (χ0v) is 25.0. The van der Waals surface area contributed by atoms with Crippen LogP contribution in [0.15, 0.2) is 0 Å². The first-order valence-corrected chi connectivity index (χ1v) is 14.2. The van der Waals surface area contributed by atoms with Crippen LogP contribution in [0.3, 0.4) is 0 Å². The van der Waals surface area contributed by atoms with Crippen molar-refractivity contribution in [2.45, 2.75) is 136 Å². The van der Waals surface area contributed by atoms with Gasteiger partial charge >= 0.3 is 5.97 Å². The number of ketones is 1. The minimum Gasteiger partial charge on any atom is -0.459 e. The van der Waals surface area contributed by atoms with Gasteiger partial charge in [-0.25, -0.2) is 0 Å². The van der Waals surface area contributed by atoms with Crippen molar-refractivity contribution in [2.24, 2.45) is 29.6 Å². The van der Waals surface area contributed by atoms with E-state index in [0.29, 0.717) is 12.8 Å². The number of carbonyl (C=O) groups is 2. The van der Waals surface area contributed by atoms with Gasteiger partial charge in [-0.2, -0.15) is 0 Å². The smallest absolute Gasteiger partial charge is 0.311 e. The molecule has 13 atom stereocenters. The summed E-state index contributed by atoms with van der Waals surface area (Å²) in [5.74, 6) is -2.49. The van der Waals surface area contributed by atoms with Gasteiger partial charge in [0.2, 0.25) is 0 Å². The normalized spacial score (nSPS) is 48.3. The summed E-state index contributed by atoms with van der Waals surface area (Å²) in [5.41, 5.74) is -2.70. The second-order valence-electron chi connectivity index (χ2n) is 12.5. The van der Waals surface area contributed by atoms with Crippen molar-refractivity contribution in [3.05, 3.63) is 0 Å². The van der Waals surface area contributed by atoms with Gasteiger partial charge < -0.3 is 34.3 Å². The number of carbonyl (C=O) groups excluding carboxylic acids is 2. The highest BCUT2D eigenvalue weighted by Crippen LogP contribution is 2.37. The molecule has 2 heterocycles. The molecule has 0 radical (unpaired) electrons. The molecule has 2 fully saturated rings. The molecule has 0 spiro atoms. The summed E-state index contributed by atoms with van der Waals surface area (Å²) in [5, 5.41) is 32.9. The van der Waals surface area contributed by atoms with E-state index in [2.05, 4.69) is 6.92 Å². The molecule has 9 heteroatoms. The summed E-state index contributed by atoms with van der Waals surface area (Å²) in [7, 11) is 1.54. The fourth-order valence-corrected chi connectivity index (χ4v) is 6.40. The van der Waals surface area contributed by atoms with Gasteiger partial charge in [-0.1, -0.05) is 34.6 Å². The molecule has 222 valence electrons. The molecule has 0 aromatic heterocycles. The van der Waals surface area contributed by atoms with Gasteiger partial charge in [0.05, 0.1) is 29.8 Å². The predicted octanol–water partition coefficient (Wildman–Crippen LogP) is 3.25. The van der Waals surface area contributed by atoms with Crippen LogP contribution in [0.4, 0.5) is 0 Å². The molecular formula is C29H52O9. The number of aliphatic hydroxyl groups is 3. The Balaban J connectivity index is 2.42. The van der Waals surface area contributed by atoms with Gasteiger partial charge in [0.25, 0.3) is 0 Å². The Morgan fingerprint density at radius 2 is 1.58 bits per heavy atom. The van der Waals surface area contributed by atoms with Gasteiger partial charge in [0.1, 0.15) is 23.6 Å². The van der Waals surface area contributed by atoms with Crippen LogP contribution < -0.4 is 0 Å². The van der Waals surface area contributed by atoms with E-state index in [4.69, 9.17) is 18.9 Å². The molecule has 2 rings (SSSR count). The summed E-state index contributed by atoms with van der Waals surface area (Å²) in [4.78, 5) is 26.6. The molecule has 38 heavy (non-hydrogen) atoms. The summed E-state index contributed by atoms with van der Waals surface area (Å²) in [6.45, 7) is 16.0. The lowest BCUT2D eigenvalue weighted by molar-refractivity contribution is -0.295. The maximum absolute atomic E-state index is 13.5. The molecule has 2 aliphatic rings. The topological polar surface area (TPSA) is 132 Å². The maximum Gasteiger partial charge on any atom is 0.311 e. The van der Waals surface area contributed by atoms with Crippen molar-refractivity contribution in [1.29, 1.82) is 0 Å². The molecule has 3 N–H and O–H groups in total. The first-order chi connectivity index (χ1) is 17.5. The second-order valence-corrected chi connectivity index (χ2v) is 12.5. The van der Waals surface area contributed by atoms with E-state index >= 15 is 0 Å². The highest BCUT2D eigenvalue weighted by atomic mass is 16.7. The lowest BCUT2D eigenvalue weighted by Crippen LogP contribution is -2.57. The van der Waals surface area contributed by atoms with Crippen LogP contribution in [0.1, 0.15) is 88.0 Å². The molecule has 9 nitrogen and oxygen atoms in total. The number of aliphatic hydroxyl groups excluding tert-OH is 2. The number of cyclic esters (lactones) is 1. The molecule has 0 aromatic carbocycles. The minimum atomic E-state index is -1.82. The van der Waals surface area contributed by atoms with Crippen molar-refractivity contribution >= 4 is 11.8 Å². The summed E-state index contributed by atoms with van der Waals surface area (Å²) < 4.78 is 23.9. The van der Waals surface area contributed by atoms with Crippen LogP contribution in [0, 0.1) is 29.6 Å². The SMILES string of the molecule is CC[C@H]1OC(=O)[C@H](C)C(OC2CC(C)(OC)C(O)C(C)O2)[C@H](C)C[C@@H](C)C[C@@H](C)C(=O)[C@H](C)[C@@H](O)[C@]1(C)O. The van der Waals surface area contributed by atoms with Crippen molar-refractivity contribution in [1.82, 2.24) is 0 Å². The Bertz CT molecular complexity index is 801. The summed E-state index contributed by atoms with van der Waals surface area (Å²) in [6, 6.07) is 0. The standard InChI is InChI=1S/C29H52O9/c1-11-21-29(9,34)25(31)18(5)23(30)16(3)12-15(2)13-17(4)24(19(6)27(33)37-21)38-22-14-28(8,35-10)26(32)20(7)36-22/h15-22,24-26,31-32,34H,11-14H2,1-10H3/t15-,16+,17+,18-,19+,20?,21+,22?,24?,25+,26?,28?,29+/m0/s1. The highest BCUT2D eigenvalue weighted by Gasteiger charge is 2.49. The third-order valence-corrected chi connectivity index (χ3v) is 9.03. The Labute approximate surface area is 228 Å². The van der Waals surface area contributed by atoms with Crippen LogP contribution in [-0.4, -0.2) is 82.2 Å². The van der Waals surface area contributed by atoms with E-state index in [1.165, 1.54) is 6.92 Å². The van der Waals surface area contributed by atoms with E-state index in [-0.39, 0.29) is 36.4 Å². The van der Waals surface area contributed by atoms with Gasteiger partial charge in [-0.15, -0.1) is 0 Å². The molecule has 0 aromatic rings. The number of ether oxygens (including phenoxy) is 4. The predicted molar refractivity (Wildman–Crippen MR) is 142 cm³/mol. The molecule has 2 aliphatic heterocycles. The van der Waals surface area contributed by atoms with Crippen molar-refractivity contribution in [2.75, 3.05) is 7.11 Å². The quantitative estimate of drug-likeness (QED) is 0.456. The third kappa shape index (κ3) is 7.15. The maximum atomic E-state index is 13.5. The molecule has 2 saturated heterocycles. The van der Waals surface area contributed by atoms with Crippen LogP contribution in [-0.2, 0) is 28.5 Å². The lowest BCUT2D eigenvalue weighted by Gasteiger charge is -2.46. The van der Waals surface area contributed by atoms with Gasteiger partial charge in [-0.05, 0) is 58.8 Å². The molecular weight excluding hydrogens is 492 g/mol. The van der Waals surface area contributed by atoms with E-state index in [0.717, 1.165) is 0 Å². The molecule has 0 saturated carbocycles. The van der Waals surface area contributed by atoms with E-state index in [1.807, 2.05) is 20.8 Å². The van der Waals surface area contributed by atoms with Crippen molar-refractivity contribution in [3.8, 4) is 0 Å². The molecule has 0 bridgehead atoms. The van der Waals surface area contributed by atoms with E-state index < -0.39 is 65.8 Å². The van der Waals surface area contributed by atoms with E-state index in [9.17, 15) is 24.9 Å². The average Bonchev–Trinajstić information content (AvgIpc) is 2.85. The van der Waals surface area contributed by atoms with Crippen molar-refractivity contribution < 1.29 is 43.9 Å². The fourth-order valence-electron chi connectivity index (χ4n) is 6.40. The number of methoxy groups -OCH3 is 1. The molecule has 5 unspecified atom stereocenters. The first kappa shape index (κ1) is 33.1. The van der Waals surface area contributed by atoms with Crippen LogP contribution in [0.25, 0.3) is 0 Å². The van der Waals surface area contributed by atoms with Crippen LogP contribution in [0.5, 0.6) is 0 Å². The number of rotatable bonds is 4. The number of Topliss-reactive ketones (excluding diaryl/α,β-unsaturated/α-hetero) is 1. The van der Waals surface area contributed by atoms with E-state index in [1.54, 1.807) is 34.8 Å². The Kier molecular flexibility index (Phi) is 11.4. The number of hydrogen-bond acceptors (Lipinski definition) is 9. The van der Waals surface area contributed by atoms with Gasteiger partial charge in [-0.3, -0.25) is 9.59 Å². The largest absolute Gasteiger partial charge is 0.459 e. The zero-order valence-electron chi connectivity index (χ0n) is 25.0. The minimum absolute atomic E-state index is 0.0963. The monoisotopic (exact) mass is 544 g/mol. The Morgan fingerprint density at radius 1 is 0.974 bits per heavy atom. The molecule has 0 aliphatic carbocycles. The van der Waals surface area contributed by atoms with Crippen molar-refractivity contribution in [3.63, 3.8) is 0 Å². The third-order valence-electron chi connectivity index (χ3n) is 9.03. The average molecular weight is 545 g/mol. The lowest BCUT2D eigenvalue weighted by atomic mass is 9.76. The van der Waals surface area contributed by atoms with Gasteiger partial charge in [0.15, 0.2) is 6.29 Å². The van der Waals surface area contributed by atoms with Crippen LogP contribution >= 0.6 is 0 Å². The molecule has 0 amide bonds. The Morgan fingerprint density at radius 3 is 2.13 bits per heavy atom. The first-order valence-electron chi connectivity index (χ1n) is 14.2. The zero-order chi connectivity index (χ0) is 29.2. The number of hydrogen-bond donors (Lipinski definition) is 3. The summed E-state index contributed by atoms with van der Waals surface area (Å²) >= 11 is 0. The fraction of sp³-hybridized carbons (Fsp3) is 0.931. The van der Waals surface area contributed by atoms with Gasteiger partial charge in [0, 0.05) is 25.4 Å². The number of esters is 1. The second kappa shape index (κ2) is 13.0. The summed E-state index contributed by atoms with van der Waals surface area (Å²) in [6.07, 6.45) is -3.28. The Hall–Kier alpha value is -1.10. The highest BCUT2D eigenvalue weighted by molar-refractivity contribution is 5.83.